The van der Waals surface area contributed by atoms with E-state index in [4.69, 9.17) is 5.11 Å². The fourth-order valence-electron chi connectivity index (χ4n) is 2.54. The molecule has 8 heteroatoms. The van der Waals surface area contributed by atoms with Crippen LogP contribution >= 0.6 is 0 Å². The SMILES string of the molecule is O=c1nc(NCCO)c2ccc(C(F)(F)F)cc2n1-c1ccccc1. The summed E-state index contributed by atoms with van der Waals surface area (Å²) < 4.78 is 40.4. The summed E-state index contributed by atoms with van der Waals surface area (Å²) >= 11 is 0. The van der Waals surface area contributed by atoms with E-state index in [0.717, 1.165) is 16.7 Å². The zero-order valence-corrected chi connectivity index (χ0v) is 12.9. The van der Waals surface area contributed by atoms with Gasteiger partial charge in [-0.2, -0.15) is 18.2 Å². The third-order valence-electron chi connectivity index (χ3n) is 3.64. The second kappa shape index (κ2) is 6.56. The normalized spacial score (nSPS) is 11.7. The molecule has 0 amide bonds. The molecule has 0 bridgehead atoms. The van der Waals surface area contributed by atoms with E-state index in [9.17, 15) is 18.0 Å². The van der Waals surface area contributed by atoms with Crippen LogP contribution in [0.5, 0.6) is 0 Å². The van der Waals surface area contributed by atoms with Gasteiger partial charge in [-0.05, 0) is 30.3 Å². The molecule has 0 saturated heterocycles. The molecule has 0 spiro atoms. The van der Waals surface area contributed by atoms with Crippen molar-refractivity contribution in [1.29, 1.82) is 0 Å². The minimum Gasteiger partial charge on any atom is -0.395 e. The molecule has 25 heavy (non-hydrogen) atoms. The third kappa shape index (κ3) is 3.34. The van der Waals surface area contributed by atoms with Gasteiger partial charge in [-0.1, -0.05) is 18.2 Å². The van der Waals surface area contributed by atoms with Crippen molar-refractivity contribution in [2.45, 2.75) is 6.18 Å². The Labute approximate surface area is 140 Å². The Morgan fingerprint density at radius 3 is 2.48 bits per heavy atom. The van der Waals surface area contributed by atoms with Crippen molar-refractivity contribution < 1.29 is 18.3 Å². The predicted molar refractivity (Wildman–Crippen MR) is 87.9 cm³/mol. The largest absolute Gasteiger partial charge is 0.416 e. The third-order valence-corrected chi connectivity index (χ3v) is 3.64. The molecule has 0 aliphatic carbocycles. The van der Waals surface area contributed by atoms with Gasteiger partial charge in [0.2, 0.25) is 0 Å². The summed E-state index contributed by atoms with van der Waals surface area (Å²) in [5, 5.41) is 12.0. The predicted octanol–water partition coefficient (Wildman–Crippen LogP) is 2.81. The van der Waals surface area contributed by atoms with Gasteiger partial charge >= 0.3 is 11.9 Å². The van der Waals surface area contributed by atoms with Crippen LogP contribution in [0.2, 0.25) is 0 Å². The second-order valence-corrected chi connectivity index (χ2v) is 5.29. The summed E-state index contributed by atoms with van der Waals surface area (Å²) in [5.41, 5.74) is -1.07. The van der Waals surface area contributed by atoms with Crippen LogP contribution in [0, 0.1) is 0 Å². The number of anilines is 1. The van der Waals surface area contributed by atoms with Gasteiger partial charge in [-0.15, -0.1) is 0 Å². The Morgan fingerprint density at radius 2 is 1.84 bits per heavy atom. The summed E-state index contributed by atoms with van der Waals surface area (Å²) in [5.74, 6) is 0.134. The minimum absolute atomic E-state index is 0.0847. The van der Waals surface area contributed by atoms with Gasteiger partial charge in [0.15, 0.2) is 0 Å². The number of halogens is 3. The van der Waals surface area contributed by atoms with Gasteiger partial charge in [-0.25, -0.2) is 4.79 Å². The maximum Gasteiger partial charge on any atom is 0.416 e. The summed E-state index contributed by atoms with van der Waals surface area (Å²) in [7, 11) is 0. The Balaban J connectivity index is 2.34. The molecule has 0 atom stereocenters. The van der Waals surface area contributed by atoms with Crippen molar-refractivity contribution in [2.75, 3.05) is 18.5 Å². The Hall–Kier alpha value is -2.87. The van der Waals surface area contributed by atoms with Crippen LogP contribution < -0.4 is 11.0 Å². The van der Waals surface area contributed by atoms with E-state index < -0.39 is 17.4 Å². The van der Waals surface area contributed by atoms with Crippen molar-refractivity contribution in [1.82, 2.24) is 9.55 Å². The highest BCUT2D eigenvalue weighted by Gasteiger charge is 2.31. The second-order valence-electron chi connectivity index (χ2n) is 5.29. The van der Waals surface area contributed by atoms with Crippen molar-refractivity contribution in [3.63, 3.8) is 0 Å². The number of nitrogens with one attached hydrogen (secondary N) is 1. The van der Waals surface area contributed by atoms with Crippen LogP contribution in [0.25, 0.3) is 16.6 Å². The molecule has 1 aromatic heterocycles. The van der Waals surface area contributed by atoms with E-state index >= 15 is 0 Å². The molecule has 0 radical (unpaired) electrons. The average Bonchev–Trinajstić information content (AvgIpc) is 2.59. The lowest BCUT2D eigenvalue weighted by Gasteiger charge is -2.15. The van der Waals surface area contributed by atoms with E-state index in [1.807, 2.05) is 0 Å². The number of aromatic nitrogens is 2. The first kappa shape index (κ1) is 17.0. The van der Waals surface area contributed by atoms with Gasteiger partial charge in [0.25, 0.3) is 0 Å². The topological polar surface area (TPSA) is 67.2 Å². The number of rotatable bonds is 4. The van der Waals surface area contributed by atoms with E-state index in [1.54, 1.807) is 30.3 Å². The lowest BCUT2D eigenvalue weighted by atomic mass is 10.1. The fourth-order valence-corrected chi connectivity index (χ4v) is 2.54. The molecule has 3 aromatic rings. The number of hydrogen-bond acceptors (Lipinski definition) is 4. The molecule has 0 fully saturated rings. The molecular formula is C17H14F3N3O2. The first-order valence-corrected chi connectivity index (χ1v) is 7.46. The minimum atomic E-state index is -4.53. The number of alkyl halides is 3. The van der Waals surface area contributed by atoms with Crippen molar-refractivity contribution >= 4 is 16.7 Å². The molecule has 3 rings (SSSR count). The van der Waals surface area contributed by atoms with Gasteiger partial charge in [0.1, 0.15) is 5.82 Å². The van der Waals surface area contributed by atoms with E-state index in [2.05, 4.69) is 10.3 Å². The standard InChI is InChI=1S/C17H14F3N3O2/c18-17(19,20)11-6-7-13-14(10-11)23(12-4-2-1-3-5-12)16(25)22-15(13)21-8-9-24/h1-7,10,24H,8-9H2,(H,21,22,25). The molecule has 5 nitrogen and oxygen atoms in total. The number of benzene rings is 2. The molecule has 0 saturated carbocycles. The maximum absolute atomic E-state index is 13.1. The number of para-hydroxylation sites is 1. The highest BCUT2D eigenvalue weighted by Crippen LogP contribution is 2.33. The van der Waals surface area contributed by atoms with Crippen LogP contribution in [0.4, 0.5) is 19.0 Å². The molecule has 0 aliphatic heterocycles. The Bertz CT molecular complexity index is 953. The van der Waals surface area contributed by atoms with Crippen molar-refractivity contribution in [3.05, 3.63) is 64.6 Å². The van der Waals surface area contributed by atoms with E-state index in [-0.39, 0.29) is 24.5 Å². The molecule has 130 valence electrons. The van der Waals surface area contributed by atoms with Crippen molar-refractivity contribution in [3.8, 4) is 5.69 Å². The smallest absolute Gasteiger partial charge is 0.395 e. The Kier molecular flexibility index (Phi) is 4.45. The van der Waals surface area contributed by atoms with Crippen LogP contribution in [0.15, 0.2) is 53.3 Å². The zero-order chi connectivity index (χ0) is 18.0. The fraction of sp³-hybridized carbons (Fsp3) is 0.176. The first-order valence-electron chi connectivity index (χ1n) is 7.46. The summed E-state index contributed by atoms with van der Waals surface area (Å²) in [6, 6.07) is 11.5. The van der Waals surface area contributed by atoms with Crippen LogP contribution in [-0.2, 0) is 6.18 Å². The highest BCUT2D eigenvalue weighted by molar-refractivity contribution is 5.90. The average molecular weight is 349 g/mol. The number of aliphatic hydroxyl groups excluding tert-OH is 1. The number of nitrogens with zero attached hydrogens (tertiary/aromatic N) is 2. The molecule has 1 heterocycles. The zero-order valence-electron chi connectivity index (χ0n) is 12.9. The van der Waals surface area contributed by atoms with E-state index in [0.29, 0.717) is 11.1 Å². The lowest BCUT2D eigenvalue weighted by Crippen LogP contribution is -2.24. The number of aliphatic hydroxyl groups is 1. The quantitative estimate of drug-likeness (QED) is 0.760. The molecular weight excluding hydrogens is 335 g/mol. The Morgan fingerprint density at radius 1 is 1.12 bits per heavy atom. The molecule has 2 N–H and O–H groups in total. The maximum atomic E-state index is 13.1. The lowest BCUT2D eigenvalue weighted by molar-refractivity contribution is -0.137. The molecule has 0 unspecified atom stereocenters. The monoisotopic (exact) mass is 349 g/mol. The number of hydrogen-bond donors (Lipinski definition) is 2. The van der Waals surface area contributed by atoms with Gasteiger partial charge in [0, 0.05) is 11.9 Å². The summed E-state index contributed by atoms with van der Waals surface area (Å²) in [6.45, 7) is -0.0799. The van der Waals surface area contributed by atoms with Gasteiger partial charge in [0.05, 0.1) is 23.4 Å². The number of fused-ring (bicyclic) bond motifs is 1. The van der Waals surface area contributed by atoms with Crippen LogP contribution in [0.3, 0.4) is 0 Å². The van der Waals surface area contributed by atoms with Crippen LogP contribution in [-0.4, -0.2) is 27.8 Å². The van der Waals surface area contributed by atoms with Gasteiger partial charge in [-0.3, -0.25) is 4.57 Å². The summed E-state index contributed by atoms with van der Waals surface area (Å²) in [4.78, 5) is 16.4. The van der Waals surface area contributed by atoms with Crippen LogP contribution in [0.1, 0.15) is 5.56 Å². The van der Waals surface area contributed by atoms with Crippen molar-refractivity contribution in [2.24, 2.45) is 0 Å². The summed E-state index contributed by atoms with van der Waals surface area (Å²) in [6.07, 6.45) is -4.53. The van der Waals surface area contributed by atoms with Gasteiger partial charge < -0.3 is 10.4 Å². The highest BCUT2D eigenvalue weighted by atomic mass is 19.4. The van der Waals surface area contributed by atoms with E-state index in [1.165, 1.54) is 6.07 Å². The first-order chi connectivity index (χ1) is 11.9. The molecule has 0 aliphatic rings. The molecule has 2 aromatic carbocycles.